The predicted molar refractivity (Wildman–Crippen MR) is 292 cm³/mol. The predicted octanol–water partition coefficient (Wildman–Crippen LogP) is 24.3. The lowest BCUT2D eigenvalue weighted by Crippen LogP contribution is -2.26. The van der Waals surface area contributed by atoms with Crippen molar-refractivity contribution in [2.75, 3.05) is 0 Å². The van der Waals surface area contributed by atoms with Crippen LogP contribution < -0.4 is 0 Å². The zero-order valence-corrected chi connectivity index (χ0v) is 45.9. The Kier molecular flexibility index (Phi) is 56.3. The van der Waals surface area contributed by atoms with Crippen molar-refractivity contribution in [2.45, 2.75) is 386 Å². The summed E-state index contributed by atoms with van der Waals surface area (Å²) in [5, 5.41) is 0. The van der Waals surface area contributed by atoms with Crippen LogP contribution in [0.2, 0.25) is 18.1 Å². The maximum Gasteiger partial charge on any atom is 0.156 e. The van der Waals surface area contributed by atoms with Crippen LogP contribution in [-0.2, 0) is 0 Å². The molecular formula is C60H123ClSi. The molecular weight excluding hydrogens is 784 g/mol. The number of hydrogen-bond acceptors (Lipinski definition) is 0. The molecule has 0 aliphatic carbocycles. The van der Waals surface area contributed by atoms with Gasteiger partial charge in [0.1, 0.15) is 0 Å². The van der Waals surface area contributed by atoms with E-state index in [9.17, 15) is 0 Å². The Morgan fingerprint density at radius 2 is 0.258 bits per heavy atom. The van der Waals surface area contributed by atoms with Crippen molar-refractivity contribution < 1.29 is 0 Å². The van der Waals surface area contributed by atoms with Crippen molar-refractivity contribution in [3.63, 3.8) is 0 Å². The van der Waals surface area contributed by atoms with Crippen LogP contribution in [0.3, 0.4) is 0 Å². The summed E-state index contributed by atoms with van der Waals surface area (Å²) in [4.78, 5) is 0. The van der Waals surface area contributed by atoms with Gasteiger partial charge < -0.3 is 0 Å². The first-order valence-corrected chi connectivity index (χ1v) is 34.0. The van der Waals surface area contributed by atoms with Crippen LogP contribution in [0.5, 0.6) is 0 Å². The molecule has 0 rings (SSSR count). The van der Waals surface area contributed by atoms with Gasteiger partial charge in [-0.05, 0) is 18.1 Å². The van der Waals surface area contributed by atoms with Gasteiger partial charge in [-0.25, -0.2) is 0 Å². The smallest absolute Gasteiger partial charge is 0.156 e. The first-order valence-electron chi connectivity index (χ1n) is 30.4. The highest BCUT2D eigenvalue weighted by atomic mass is 35.6. The highest BCUT2D eigenvalue weighted by Crippen LogP contribution is 2.33. The molecule has 0 atom stereocenters. The van der Waals surface area contributed by atoms with Gasteiger partial charge >= 0.3 is 0 Å². The quantitative estimate of drug-likeness (QED) is 0.0324. The van der Waals surface area contributed by atoms with Crippen LogP contribution in [0.1, 0.15) is 367 Å². The Balaban J connectivity index is 4.08. The largest absolute Gasteiger partial charge is 0.167 e. The van der Waals surface area contributed by atoms with Crippen LogP contribution in [0.15, 0.2) is 0 Å². The standard InChI is InChI=1S/C60H123ClSi/c1-4-7-10-13-16-19-22-25-28-31-34-37-40-43-46-49-52-55-58-62(61,59-56-53-50-47-44-41-38-35-32-29-26-23-20-17-14-11-8-5-2)60-57-54-51-48-45-42-39-36-33-30-27-24-21-18-15-12-9-6-3/h4-60H2,1-3H3. The third kappa shape index (κ3) is 53.1. The van der Waals surface area contributed by atoms with Crippen LogP contribution in [0.25, 0.3) is 0 Å². The summed E-state index contributed by atoms with van der Waals surface area (Å²) in [5.74, 6) is 0. The maximum absolute atomic E-state index is 7.71. The van der Waals surface area contributed by atoms with Crippen molar-refractivity contribution in [2.24, 2.45) is 0 Å². The van der Waals surface area contributed by atoms with Gasteiger partial charge in [0.2, 0.25) is 0 Å². The lowest BCUT2D eigenvalue weighted by molar-refractivity contribution is 0.525. The molecule has 0 amide bonds. The molecule has 0 nitrogen and oxygen atoms in total. The van der Waals surface area contributed by atoms with E-state index in [0.717, 1.165) is 0 Å². The summed E-state index contributed by atoms with van der Waals surface area (Å²) in [6.07, 6.45) is 79.0. The second-order valence-corrected chi connectivity index (χ2v) is 27.6. The minimum absolute atomic E-state index is 1.37. The third-order valence-electron chi connectivity index (χ3n) is 14.9. The number of unbranched alkanes of at least 4 members (excludes halogenated alkanes) is 51. The van der Waals surface area contributed by atoms with Crippen molar-refractivity contribution in [3.8, 4) is 0 Å². The van der Waals surface area contributed by atoms with Gasteiger partial charge in [0.15, 0.2) is 7.38 Å². The van der Waals surface area contributed by atoms with E-state index in [1.165, 1.54) is 365 Å². The summed E-state index contributed by atoms with van der Waals surface area (Å²) in [6.45, 7) is 6.96. The molecule has 0 aromatic carbocycles. The zero-order valence-electron chi connectivity index (χ0n) is 44.2. The molecule has 0 saturated carbocycles. The highest BCUT2D eigenvalue weighted by Gasteiger charge is 2.29. The van der Waals surface area contributed by atoms with E-state index in [1.807, 2.05) is 0 Å². The van der Waals surface area contributed by atoms with Gasteiger partial charge in [0.25, 0.3) is 0 Å². The molecule has 0 aromatic rings. The lowest BCUT2D eigenvalue weighted by atomic mass is 10.0. The third-order valence-corrected chi connectivity index (χ3v) is 20.4. The number of halogens is 1. The molecule has 0 heterocycles. The topological polar surface area (TPSA) is 0 Å². The molecule has 0 aromatic heterocycles. The van der Waals surface area contributed by atoms with E-state index >= 15 is 0 Å². The molecule has 0 aliphatic rings. The molecule has 62 heavy (non-hydrogen) atoms. The van der Waals surface area contributed by atoms with Gasteiger partial charge in [-0.15, -0.1) is 0 Å². The van der Waals surface area contributed by atoms with Crippen LogP contribution in [0.4, 0.5) is 0 Å². The molecule has 0 radical (unpaired) electrons. The van der Waals surface area contributed by atoms with Gasteiger partial charge in [-0.3, -0.25) is 0 Å². The fourth-order valence-electron chi connectivity index (χ4n) is 10.4. The summed E-state index contributed by atoms with van der Waals surface area (Å²) in [6, 6.07) is 4.22. The normalized spacial score (nSPS) is 12.0. The Labute approximate surface area is 402 Å². The number of rotatable bonds is 57. The van der Waals surface area contributed by atoms with Crippen molar-refractivity contribution >= 4 is 18.5 Å². The molecule has 0 saturated heterocycles. The lowest BCUT2D eigenvalue weighted by Gasteiger charge is -2.25. The van der Waals surface area contributed by atoms with E-state index in [1.54, 1.807) is 0 Å². The van der Waals surface area contributed by atoms with E-state index in [2.05, 4.69) is 20.8 Å². The molecule has 0 unspecified atom stereocenters. The minimum Gasteiger partial charge on any atom is -0.167 e. The second-order valence-electron chi connectivity index (χ2n) is 21.4. The zero-order chi connectivity index (χ0) is 44.8. The Morgan fingerprint density at radius 3 is 0.371 bits per heavy atom. The van der Waals surface area contributed by atoms with Crippen LogP contribution in [-0.4, -0.2) is 7.38 Å². The van der Waals surface area contributed by atoms with Crippen molar-refractivity contribution in [3.05, 3.63) is 0 Å². The van der Waals surface area contributed by atoms with Crippen LogP contribution in [0, 0.1) is 0 Å². The maximum atomic E-state index is 7.71. The molecule has 0 N–H and O–H groups in total. The number of hydrogen-bond donors (Lipinski definition) is 0. The Morgan fingerprint density at radius 1 is 0.161 bits per heavy atom. The molecule has 0 spiro atoms. The van der Waals surface area contributed by atoms with Crippen molar-refractivity contribution in [1.29, 1.82) is 0 Å². The molecule has 0 bridgehead atoms. The monoisotopic (exact) mass is 907 g/mol. The van der Waals surface area contributed by atoms with Gasteiger partial charge in [-0.2, -0.15) is 11.1 Å². The van der Waals surface area contributed by atoms with Crippen LogP contribution >= 0.6 is 11.1 Å². The first kappa shape index (κ1) is 62.5. The van der Waals surface area contributed by atoms with Crippen molar-refractivity contribution in [1.82, 2.24) is 0 Å². The van der Waals surface area contributed by atoms with E-state index in [0.29, 0.717) is 0 Å². The fraction of sp³-hybridized carbons (Fsp3) is 1.00. The molecule has 2 heteroatoms. The fourth-order valence-corrected chi connectivity index (χ4v) is 15.0. The Bertz CT molecular complexity index is 668. The average Bonchev–Trinajstić information content (AvgIpc) is 3.28. The van der Waals surface area contributed by atoms with Gasteiger partial charge in [0.05, 0.1) is 0 Å². The van der Waals surface area contributed by atoms with Gasteiger partial charge in [0, 0.05) is 0 Å². The SMILES string of the molecule is CCCCCCCCCCCCCCCCCCCC[Si](Cl)(CCCCCCCCCCCCCCCCCCCC)CCCCCCCCCCCCCCCCCCCC. The Hall–Kier alpha value is 0.507. The molecule has 0 fully saturated rings. The van der Waals surface area contributed by atoms with E-state index < -0.39 is 7.38 Å². The second kappa shape index (κ2) is 55.8. The minimum atomic E-state index is -1.61. The van der Waals surface area contributed by atoms with E-state index in [-0.39, 0.29) is 0 Å². The highest BCUT2D eigenvalue weighted by molar-refractivity contribution is 7.20. The average molecular weight is 908 g/mol. The summed E-state index contributed by atoms with van der Waals surface area (Å²) in [7, 11) is -1.61. The van der Waals surface area contributed by atoms with E-state index in [4.69, 9.17) is 11.1 Å². The first-order chi connectivity index (χ1) is 30.7. The summed E-state index contributed by atoms with van der Waals surface area (Å²) >= 11 is 7.71. The van der Waals surface area contributed by atoms with Gasteiger partial charge in [-0.1, -0.05) is 367 Å². The summed E-state index contributed by atoms with van der Waals surface area (Å²) in [5.41, 5.74) is 0. The molecule has 374 valence electrons. The molecule has 0 aliphatic heterocycles. The summed E-state index contributed by atoms with van der Waals surface area (Å²) < 4.78 is 0.